The van der Waals surface area contributed by atoms with Gasteiger partial charge in [0.05, 0.1) is 6.04 Å². The van der Waals surface area contributed by atoms with Crippen LogP contribution in [0.15, 0.2) is 66.7 Å². The lowest BCUT2D eigenvalue weighted by Gasteiger charge is -2.41. The molecule has 1 aliphatic rings. The summed E-state index contributed by atoms with van der Waals surface area (Å²) in [6, 6.07) is 19.9. The fraction of sp³-hybridized carbons (Fsp3) is 0.308. The van der Waals surface area contributed by atoms with Crippen LogP contribution in [0.5, 0.6) is 0 Å². The number of carbonyl (C=O) groups is 2. The molecule has 3 aromatic carbocycles. The largest absolute Gasteiger partial charge is 0.465 e. The third kappa shape index (κ3) is 4.90. The van der Waals surface area contributed by atoms with Crippen molar-refractivity contribution in [1.29, 1.82) is 0 Å². The smallest absolute Gasteiger partial charge is 0.407 e. The number of hydrogen-bond acceptors (Lipinski definition) is 3. The molecule has 3 unspecified atom stereocenters. The molecule has 1 aliphatic heterocycles. The van der Waals surface area contributed by atoms with E-state index in [0.29, 0.717) is 25.8 Å². The number of piperidine rings is 1. The Morgan fingerprint density at radius 3 is 2.50 bits per heavy atom. The summed E-state index contributed by atoms with van der Waals surface area (Å²) in [5.41, 5.74) is 1.94. The first-order valence-electron chi connectivity index (χ1n) is 10.8. The minimum Gasteiger partial charge on any atom is -0.465 e. The van der Waals surface area contributed by atoms with Gasteiger partial charge in [0.2, 0.25) is 0 Å². The van der Waals surface area contributed by atoms with E-state index in [9.17, 15) is 19.1 Å². The minimum absolute atomic E-state index is 0.0610. The van der Waals surface area contributed by atoms with E-state index >= 15 is 0 Å². The highest BCUT2D eigenvalue weighted by molar-refractivity contribution is 5.83. The molecule has 0 aromatic heterocycles. The van der Waals surface area contributed by atoms with Crippen LogP contribution in [0.3, 0.4) is 0 Å². The molecule has 4 rings (SSSR count). The molecule has 3 atom stereocenters. The summed E-state index contributed by atoms with van der Waals surface area (Å²) in [5, 5.41) is 12.0. The van der Waals surface area contributed by atoms with Crippen molar-refractivity contribution in [2.24, 2.45) is 0 Å². The van der Waals surface area contributed by atoms with Gasteiger partial charge in [0, 0.05) is 19.9 Å². The molecule has 0 aliphatic carbocycles. The van der Waals surface area contributed by atoms with Crippen LogP contribution < -0.4 is 0 Å². The van der Waals surface area contributed by atoms with Crippen LogP contribution in [-0.2, 0) is 16.0 Å². The molecule has 0 bridgehead atoms. The Kier molecular flexibility index (Phi) is 6.40. The Morgan fingerprint density at radius 1 is 1.09 bits per heavy atom. The summed E-state index contributed by atoms with van der Waals surface area (Å²) < 4.78 is 19.1. The zero-order chi connectivity index (χ0) is 22.7. The van der Waals surface area contributed by atoms with Gasteiger partial charge in [-0.15, -0.1) is 0 Å². The number of likely N-dealkylation sites (tertiary alicyclic amines) is 1. The van der Waals surface area contributed by atoms with Gasteiger partial charge in [-0.1, -0.05) is 54.6 Å². The summed E-state index contributed by atoms with van der Waals surface area (Å²) in [4.78, 5) is 25.3. The van der Waals surface area contributed by atoms with Crippen LogP contribution in [0.4, 0.5) is 9.18 Å². The van der Waals surface area contributed by atoms with Gasteiger partial charge >= 0.3 is 12.1 Å². The third-order valence-electron chi connectivity index (χ3n) is 6.23. The van der Waals surface area contributed by atoms with Crippen LogP contribution in [0, 0.1) is 5.82 Å². The van der Waals surface area contributed by atoms with Gasteiger partial charge in [-0.2, -0.15) is 0 Å². The Labute approximate surface area is 186 Å². The first-order valence-corrected chi connectivity index (χ1v) is 10.8. The van der Waals surface area contributed by atoms with Gasteiger partial charge in [0.15, 0.2) is 0 Å². The molecule has 1 amide bonds. The van der Waals surface area contributed by atoms with Crippen molar-refractivity contribution >= 4 is 22.8 Å². The van der Waals surface area contributed by atoms with Gasteiger partial charge in [-0.25, -0.2) is 9.18 Å². The summed E-state index contributed by atoms with van der Waals surface area (Å²) >= 11 is 0. The van der Waals surface area contributed by atoms with Gasteiger partial charge in [0.25, 0.3) is 0 Å². The molecule has 0 saturated carbocycles. The van der Waals surface area contributed by atoms with Crippen LogP contribution >= 0.6 is 0 Å². The van der Waals surface area contributed by atoms with E-state index in [-0.39, 0.29) is 11.7 Å². The van der Waals surface area contributed by atoms with E-state index in [1.165, 1.54) is 24.0 Å². The molecular formula is C26H26FNO4. The number of halogens is 1. The predicted molar refractivity (Wildman–Crippen MR) is 120 cm³/mol. The highest BCUT2D eigenvalue weighted by atomic mass is 19.1. The Morgan fingerprint density at radius 2 is 1.81 bits per heavy atom. The second-order valence-corrected chi connectivity index (χ2v) is 8.35. The van der Waals surface area contributed by atoms with Crippen molar-refractivity contribution in [1.82, 2.24) is 4.90 Å². The number of carboxylic acid groups (broad SMARTS) is 1. The van der Waals surface area contributed by atoms with Crippen LogP contribution in [0.2, 0.25) is 0 Å². The Bertz CT molecular complexity index is 1110. The van der Waals surface area contributed by atoms with Crippen LogP contribution in [0.25, 0.3) is 10.8 Å². The van der Waals surface area contributed by atoms with E-state index in [2.05, 4.69) is 6.07 Å². The molecule has 1 saturated heterocycles. The van der Waals surface area contributed by atoms with Gasteiger partial charge in [-0.3, -0.25) is 4.79 Å². The van der Waals surface area contributed by atoms with Crippen molar-refractivity contribution in [3.8, 4) is 0 Å². The molecule has 0 spiro atoms. The number of ether oxygens (including phenoxy) is 1. The number of rotatable bonds is 5. The lowest BCUT2D eigenvalue weighted by atomic mass is 9.82. The number of amides is 1. The maximum absolute atomic E-state index is 13.4. The normalized spacial score (nSPS) is 19.5. The number of esters is 1. The summed E-state index contributed by atoms with van der Waals surface area (Å²) in [7, 11) is 0. The molecule has 1 heterocycles. The number of hydrogen-bond donors (Lipinski definition) is 1. The fourth-order valence-corrected chi connectivity index (χ4v) is 4.69. The van der Waals surface area contributed by atoms with E-state index in [1.807, 2.05) is 36.4 Å². The lowest BCUT2D eigenvalue weighted by Crippen LogP contribution is -2.52. The van der Waals surface area contributed by atoms with Crippen LogP contribution in [-0.4, -0.2) is 40.8 Å². The number of fused-ring (bicyclic) bond motifs is 1. The van der Waals surface area contributed by atoms with E-state index in [1.54, 1.807) is 12.1 Å². The standard InChI is InChI=1S/C26H26FNO4/c1-17(29)32-25(15-18-6-7-19-4-2-3-5-21(19)14-18)24-16-22(12-13-28(24)26(30)31)20-8-10-23(27)11-9-20/h2-11,14,22,24-25H,12-13,15-16H2,1H3,(H,30,31). The van der Waals surface area contributed by atoms with E-state index in [4.69, 9.17) is 4.74 Å². The van der Waals surface area contributed by atoms with E-state index < -0.39 is 24.2 Å². The molecule has 166 valence electrons. The van der Waals surface area contributed by atoms with Gasteiger partial charge in [-0.05, 0) is 52.8 Å². The monoisotopic (exact) mass is 435 g/mol. The first kappa shape index (κ1) is 21.8. The lowest BCUT2D eigenvalue weighted by molar-refractivity contribution is -0.150. The van der Waals surface area contributed by atoms with Gasteiger partial charge in [0.1, 0.15) is 11.9 Å². The second-order valence-electron chi connectivity index (χ2n) is 8.35. The quantitative estimate of drug-likeness (QED) is 0.547. The zero-order valence-corrected chi connectivity index (χ0v) is 17.9. The topological polar surface area (TPSA) is 66.8 Å². The Balaban J connectivity index is 1.63. The van der Waals surface area contributed by atoms with Gasteiger partial charge < -0.3 is 14.7 Å². The summed E-state index contributed by atoms with van der Waals surface area (Å²) in [5.74, 6) is -0.682. The number of benzene rings is 3. The maximum Gasteiger partial charge on any atom is 0.407 e. The molecule has 5 nitrogen and oxygen atoms in total. The molecule has 1 N–H and O–H groups in total. The zero-order valence-electron chi connectivity index (χ0n) is 17.9. The van der Waals surface area contributed by atoms with Crippen molar-refractivity contribution in [2.45, 2.75) is 44.2 Å². The highest BCUT2D eigenvalue weighted by Crippen LogP contribution is 2.35. The molecule has 32 heavy (non-hydrogen) atoms. The summed E-state index contributed by atoms with van der Waals surface area (Å²) in [6.45, 7) is 1.68. The van der Waals surface area contributed by atoms with E-state index in [0.717, 1.165) is 21.9 Å². The van der Waals surface area contributed by atoms with Crippen molar-refractivity contribution in [3.63, 3.8) is 0 Å². The second kappa shape index (κ2) is 9.39. The number of carbonyl (C=O) groups excluding carboxylic acids is 1. The van der Waals surface area contributed by atoms with Crippen molar-refractivity contribution < 1.29 is 23.8 Å². The SMILES string of the molecule is CC(=O)OC(Cc1ccc2ccccc2c1)C1CC(c2ccc(F)cc2)CCN1C(=O)O. The molecule has 1 fully saturated rings. The summed E-state index contributed by atoms with van der Waals surface area (Å²) in [6.07, 6.45) is -0.0911. The first-order chi connectivity index (χ1) is 15.4. The minimum atomic E-state index is -1.02. The average Bonchev–Trinajstić information content (AvgIpc) is 2.78. The molecule has 3 aromatic rings. The Hall–Kier alpha value is -3.41. The highest BCUT2D eigenvalue weighted by Gasteiger charge is 2.38. The average molecular weight is 435 g/mol. The van der Waals surface area contributed by atoms with Crippen LogP contribution in [0.1, 0.15) is 36.8 Å². The fourth-order valence-electron chi connectivity index (χ4n) is 4.69. The third-order valence-corrected chi connectivity index (χ3v) is 6.23. The molecule has 0 radical (unpaired) electrons. The maximum atomic E-state index is 13.4. The van der Waals surface area contributed by atoms with Crippen molar-refractivity contribution in [2.75, 3.05) is 6.54 Å². The molecule has 6 heteroatoms. The van der Waals surface area contributed by atoms with Crippen molar-refractivity contribution in [3.05, 3.63) is 83.7 Å². The number of nitrogens with zero attached hydrogens (tertiary/aromatic N) is 1. The molecular weight excluding hydrogens is 409 g/mol. The predicted octanol–water partition coefficient (Wildman–Crippen LogP) is 5.38.